The van der Waals surface area contributed by atoms with Gasteiger partial charge in [0.1, 0.15) is 5.78 Å². The Balaban J connectivity index is 1.90. The molecule has 2 aliphatic rings. The van der Waals surface area contributed by atoms with Crippen molar-refractivity contribution in [1.29, 1.82) is 0 Å². The molecule has 1 unspecified atom stereocenters. The van der Waals surface area contributed by atoms with Gasteiger partial charge in [-0.3, -0.25) is 4.79 Å². The fourth-order valence-electron chi connectivity index (χ4n) is 2.81. The van der Waals surface area contributed by atoms with E-state index in [9.17, 15) is 4.79 Å². The molecule has 0 N–H and O–H groups in total. The molecular weight excluding hydrogens is 176 g/mol. The number of ether oxygens (including phenoxy) is 1. The first kappa shape index (κ1) is 10.2. The number of carbonyl (C=O) groups excluding carboxylic acids is 1. The van der Waals surface area contributed by atoms with Crippen molar-refractivity contribution in [2.24, 2.45) is 11.8 Å². The molecule has 0 amide bonds. The average Bonchev–Trinajstić information content (AvgIpc) is 2.44. The minimum atomic E-state index is 0.499. The highest BCUT2D eigenvalue weighted by Gasteiger charge is 2.27. The van der Waals surface area contributed by atoms with Gasteiger partial charge < -0.3 is 4.74 Å². The summed E-state index contributed by atoms with van der Waals surface area (Å²) in [5, 5.41) is 0. The predicted octanol–water partition coefficient (Wildman–Crippen LogP) is 2.56. The molecule has 1 aliphatic heterocycles. The fraction of sp³-hybridized carbons (Fsp3) is 0.917. The lowest BCUT2D eigenvalue weighted by molar-refractivity contribution is -0.120. The number of ketones is 1. The van der Waals surface area contributed by atoms with Crippen molar-refractivity contribution in [1.82, 2.24) is 0 Å². The summed E-state index contributed by atoms with van der Waals surface area (Å²) >= 11 is 0. The summed E-state index contributed by atoms with van der Waals surface area (Å²) in [6.07, 6.45) is 7.70. The molecule has 80 valence electrons. The molecule has 1 heterocycles. The molecule has 1 aliphatic carbocycles. The van der Waals surface area contributed by atoms with Crippen molar-refractivity contribution in [3.05, 3.63) is 0 Å². The van der Waals surface area contributed by atoms with Gasteiger partial charge in [-0.1, -0.05) is 6.42 Å². The standard InChI is InChI=1S/C12H20O2/c13-12-4-2-1-3-11(9-12)10-5-7-14-8-6-10/h10-11H,1-9H2. The Labute approximate surface area is 86.0 Å². The van der Waals surface area contributed by atoms with E-state index in [0.29, 0.717) is 11.7 Å². The van der Waals surface area contributed by atoms with Crippen LogP contribution < -0.4 is 0 Å². The van der Waals surface area contributed by atoms with Crippen molar-refractivity contribution in [3.63, 3.8) is 0 Å². The largest absolute Gasteiger partial charge is 0.381 e. The van der Waals surface area contributed by atoms with Crippen molar-refractivity contribution in [2.75, 3.05) is 13.2 Å². The molecule has 2 rings (SSSR count). The van der Waals surface area contributed by atoms with Gasteiger partial charge in [0.2, 0.25) is 0 Å². The summed E-state index contributed by atoms with van der Waals surface area (Å²) in [6, 6.07) is 0. The Morgan fingerprint density at radius 2 is 1.79 bits per heavy atom. The summed E-state index contributed by atoms with van der Waals surface area (Å²) < 4.78 is 5.36. The Bertz CT molecular complexity index is 194. The van der Waals surface area contributed by atoms with E-state index in [2.05, 4.69) is 0 Å². The normalized spacial score (nSPS) is 31.4. The number of hydrogen-bond acceptors (Lipinski definition) is 2. The number of carbonyl (C=O) groups is 1. The SMILES string of the molecule is O=C1CCCCC(C2CCOCC2)C1. The lowest BCUT2D eigenvalue weighted by Gasteiger charge is -2.29. The zero-order chi connectivity index (χ0) is 9.80. The van der Waals surface area contributed by atoms with Gasteiger partial charge in [0, 0.05) is 26.1 Å². The maximum atomic E-state index is 11.5. The van der Waals surface area contributed by atoms with Gasteiger partial charge in [-0.2, -0.15) is 0 Å². The van der Waals surface area contributed by atoms with Crippen LogP contribution in [0.2, 0.25) is 0 Å². The Morgan fingerprint density at radius 1 is 1.00 bits per heavy atom. The molecular formula is C12H20O2. The van der Waals surface area contributed by atoms with E-state index < -0.39 is 0 Å². The zero-order valence-corrected chi connectivity index (χ0v) is 8.84. The first-order chi connectivity index (χ1) is 6.86. The topological polar surface area (TPSA) is 26.3 Å². The average molecular weight is 196 g/mol. The van der Waals surface area contributed by atoms with Crippen LogP contribution in [-0.2, 0) is 9.53 Å². The molecule has 2 fully saturated rings. The van der Waals surface area contributed by atoms with E-state index in [1.165, 1.54) is 25.7 Å². The van der Waals surface area contributed by atoms with Gasteiger partial charge in [0.25, 0.3) is 0 Å². The summed E-state index contributed by atoms with van der Waals surface area (Å²) in [5.41, 5.74) is 0. The molecule has 2 heteroatoms. The van der Waals surface area contributed by atoms with Crippen LogP contribution >= 0.6 is 0 Å². The van der Waals surface area contributed by atoms with Crippen LogP contribution in [0.4, 0.5) is 0 Å². The minimum Gasteiger partial charge on any atom is -0.381 e. The van der Waals surface area contributed by atoms with Gasteiger partial charge in [-0.05, 0) is 37.5 Å². The van der Waals surface area contributed by atoms with Crippen LogP contribution in [0.1, 0.15) is 44.9 Å². The van der Waals surface area contributed by atoms with E-state index >= 15 is 0 Å². The highest BCUT2D eigenvalue weighted by Crippen LogP contribution is 2.32. The molecule has 0 bridgehead atoms. The minimum absolute atomic E-state index is 0.499. The van der Waals surface area contributed by atoms with Crippen LogP contribution in [0, 0.1) is 11.8 Å². The molecule has 1 saturated carbocycles. The summed E-state index contributed by atoms with van der Waals surface area (Å²) in [5.74, 6) is 1.94. The van der Waals surface area contributed by atoms with Crippen molar-refractivity contribution in [3.8, 4) is 0 Å². The fourth-order valence-corrected chi connectivity index (χ4v) is 2.81. The molecule has 0 aromatic carbocycles. The lowest BCUT2D eigenvalue weighted by Crippen LogP contribution is -2.24. The Hall–Kier alpha value is -0.370. The third kappa shape index (κ3) is 2.57. The number of hydrogen-bond donors (Lipinski definition) is 0. The first-order valence-corrected chi connectivity index (χ1v) is 5.95. The maximum absolute atomic E-state index is 11.5. The van der Waals surface area contributed by atoms with Gasteiger partial charge in [-0.25, -0.2) is 0 Å². The van der Waals surface area contributed by atoms with E-state index in [-0.39, 0.29) is 0 Å². The molecule has 0 radical (unpaired) electrons. The second-order valence-electron chi connectivity index (χ2n) is 4.70. The zero-order valence-electron chi connectivity index (χ0n) is 8.84. The molecule has 14 heavy (non-hydrogen) atoms. The smallest absolute Gasteiger partial charge is 0.133 e. The summed E-state index contributed by atoms with van der Waals surface area (Å²) in [4.78, 5) is 11.5. The second-order valence-corrected chi connectivity index (χ2v) is 4.70. The molecule has 1 atom stereocenters. The molecule has 1 saturated heterocycles. The Kier molecular flexibility index (Phi) is 3.57. The van der Waals surface area contributed by atoms with Crippen LogP contribution in [0.15, 0.2) is 0 Å². The van der Waals surface area contributed by atoms with Crippen LogP contribution in [-0.4, -0.2) is 19.0 Å². The Morgan fingerprint density at radius 3 is 2.57 bits per heavy atom. The van der Waals surface area contributed by atoms with Gasteiger partial charge in [0.15, 0.2) is 0 Å². The maximum Gasteiger partial charge on any atom is 0.133 e. The van der Waals surface area contributed by atoms with Crippen LogP contribution in [0.5, 0.6) is 0 Å². The second kappa shape index (κ2) is 4.92. The third-order valence-corrected chi connectivity index (χ3v) is 3.70. The highest BCUT2D eigenvalue weighted by atomic mass is 16.5. The number of rotatable bonds is 1. The number of Topliss-reactive ketones (excluding diaryl/α,β-unsaturated/α-hetero) is 1. The van der Waals surface area contributed by atoms with Gasteiger partial charge >= 0.3 is 0 Å². The van der Waals surface area contributed by atoms with Crippen LogP contribution in [0.3, 0.4) is 0 Å². The monoisotopic (exact) mass is 196 g/mol. The summed E-state index contributed by atoms with van der Waals surface area (Å²) in [7, 11) is 0. The van der Waals surface area contributed by atoms with E-state index in [1.54, 1.807) is 0 Å². The van der Waals surface area contributed by atoms with Crippen molar-refractivity contribution >= 4 is 5.78 Å². The quantitative estimate of drug-likeness (QED) is 0.602. The van der Waals surface area contributed by atoms with Crippen LogP contribution in [0.25, 0.3) is 0 Å². The lowest BCUT2D eigenvalue weighted by atomic mass is 9.81. The summed E-state index contributed by atoms with van der Waals surface area (Å²) in [6.45, 7) is 1.82. The first-order valence-electron chi connectivity index (χ1n) is 5.95. The molecule has 0 aromatic rings. The molecule has 0 aromatic heterocycles. The van der Waals surface area contributed by atoms with Crippen molar-refractivity contribution < 1.29 is 9.53 Å². The third-order valence-electron chi connectivity index (χ3n) is 3.70. The van der Waals surface area contributed by atoms with Crippen molar-refractivity contribution in [2.45, 2.75) is 44.9 Å². The molecule has 2 nitrogen and oxygen atoms in total. The van der Waals surface area contributed by atoms with E-state index in [4.69, 9.17) is 4.74 Å². The predicted molar refractivity (Wildman–Crippen MR) is 55.1 cm³/mol. The molecule has 0 spiro atoms. The van der Waals surface area contributed by atoms with E-state index in [1.807, 2.05) is 0 Å². The van der Waals surface area contributed by atoms with E-state index in [0.717, 1.165) is 38.4 Å². The highest BCUT2D eigenvalue weighted by molar-refractivity contribution is 5.78. The van der Waals surface area contributed by atoms with Gasteiger partial charge in [0.05, 0.1) is 0 Å². The van der Waals surface area contributed by atoms with Gasteiger partial charge in [-0.15, -0.1) is 0 Å².